The van der Waals surface area contributed by atoms with Crippen molar-refractivity contribution in [1.29, 1.82) is 0 Å². The van der Waals surface area contributed by atoms with Gasteiger partial charge < -0.3 is 0 Å². The molecule has 2 atom stereocenters. The molecule has 1 aliphatic rings. The maximum absolute atomic E-state index is 13.0. The Kier molecular flexibility index (Phi) is 4.01. The van der Waals surface area contributed by atoms with Crippen LogP contribution in [0.5, 0.6) is 0 Å². The van der Waals surface area contributed by atoms with Crippen LogP contribution in [0.15, 0.2) is 18.2 Å². The summed E-state index contributed by atoms with van der Waals surface area (Å²) in [4.78, 5) is 0.644. The fourth-order valence-corrected chi connectivity index (χ4v) is 3.34. The van der Waals surface area contributed by atoms with Gasteiger partial charge in [-0.2, -0.15) is 0 Å². The third-order valence-electron chi connectivity index (χ3n) is 3.60. The van der Waals surface area contributed by atoms with E-state index in [1.54, 1.807) is 12.1 Å². The van der Waals surface area contributed by atoms with Crippen LogP contribution in [0.4, 0.5) is 4.39 Å². The largest absolute Gasteiger partial charge is 0.207 e. The lowest BCUT2D eigenvalue weighted by atomic mass is 9.84. The molecule has 2 rings (SSSR count). The Morgan fingerprint density at radius 2 is 2.06 bits per heavy atom. The molecular formula is C14H18BrF. The van der Waals surface area contributed by atoms with Crippen molar-refractivity contribution in [2.45, 2.75) is 43.9 Å². The van der Waals surface area contributed by atoms with Gasteiger partial charge in [-0.25, -0.2) is 4.39 Å². The van der Waals surface area contributed by atoms with E-state index in [-0.39, 0.29) is 5.82 Å². The molecule has 88 valence electrons. The van der Waals surface area contributed by atoms with Gasteiger partial charge in [0.2, 0.25) is 0 Å². The molecule has 0 aliphatic heterocycles. The smallest absolute Gasteiger partial charge is 0.123 e. The zero-order chi connectivity index (χ0) is 11.5. The first-order valence-electron chi connectivity index (χ1n) is 6.06. The zero-order valence-corrected chi connectivity index (χ0v) is 11.3. The van der Waals surface area contributed by atoms with E-state index in [0.717, 1.165) is 17.9 Å². The van der Waals surface area contributed by atoms with E-state index in [1.807, 2.05) is 13.0 Å². The fraction of sp³-hybridized carbons (Fsp3) is 0.571. The molecule has 0 bridgehead atoms. The molecule has 1 fully saturated rings. The molecule has 0 radical (unpaired) electrons. The number of benzene rings is 1. The zero-order valence-electron chi connectivity index (χ0n) is 9.68. The van der Waals surface area contributed by atoms with Crippen molar-refractivity contribution in [1.82, 2.24) is 0 Å². The van der Waals surface area contributed by atoms with Gasteiger partial charge in [0.1, 0.15) is 5.82 Å². The van der Waals surface area contributed by atoms with Crippen molar-refractivity contribution in [2.75, 3.05) is 0 Å². The number of aryl methyl sites for hydroxylation is 1. The summed E-state index contributed by atoms with van der Waals surface area (Å²) in [5.41, 5.74) is 2.39. The summed E-state index contributed by atoms with van der Waals surface area (Å²) >= 11 is 3.78. The maximum Gasteiger partial charge on any atom is 0.123 e. The summed E-state index contributed by atoms with van der Waals surface area (Å²) in [6.45, 7) is 2.00. The van der Waals surface area contributed by atoms with E-state index < -0.39 is 0 Å². The van der Waals surface area contributed by atoms with Crippen molar-refractivity contribution in [3.63, 3.8) is 0 Å². The SMILES string of the molecule is Cc1cc(F)ccc1CC1CCCCC1Br. The molecule has 0 spiro atoms. The van der Waals surface area contributed by atoms with Gasteiger partial charge in [-0.3, -0.25) is 0 Å². The highest BCUT2D eigenvalue weighted by molar-refractivity contribution is 9.09. The molecule has 1 aromatic rings. The van der Waals surface area contributed by atoms with Gasteiger partial charge in [-0.1, -0.05) is 34.8 Å². The summed E-state index contributed by atoms with van der Waals surface area (Å²) in [5.74, 6) is 0.596. The number of alkyl halides is 1. The predicted molar refractivity (Wildman–Crippen MR) is 69.5 cm³/mol. The quantitative estimate of drug-likeness (QED) is 0.695. The lowest BCUT2D eigenvalue weighted by Gasteiger charge is -2.27. The van der Waals surface area contributed by atoms with Crippen LogP contribution >= 0.6 is 15.9 Å². The van der Waals surface area contributed by atoms with E-state index in [9.17, 15) is 4.39 Å². The minimum Gasteiger partial charge on any atom is -0.207 e. The van der Waals surface area contributed by atoms with E-state index in [2.05, 4.69) is 15.9 Å². The van der Waals surface area contributed by atoms with Crippen LogP contribution in [0.1, 0.15) is 36.8 Å². The average Bonchev–Trinajstić information content (AvgIpc) is 2.25. The van der Waals surface area contributed by atoms with Crippen LogP contribution in [0.25, 0.3) is 0 Å². The third kappa shape index (κ3) is 2.85. The van der Waals surface area contributed by atoms with Crippen molar-refractivity contribution >= 4 is 15.9 Å². The summed E-state index contributed by atoms with van der Waals surface area (Å²) in [5, 5.41) is 0. The summed E-state index contributed by atoms with van der Waals surface area (Å²) in [6.07, 6.45) is 6.35. The monoisotopic (exact) mass is 284 g/mol. The van der Waals surface area contributed by atoms with Crippen LogP contribution < -0.4 is 0 Å². The Balaban J connectivity index is 2.07. The molecule has 0 nitrogen and oxygen atoms in total. The maximum atomic E-state index is 13.0. The standard InChI is InChI=1S/C14H18BrF/c1-10-8-13(16)7-6-11(10)9-12-4-2-3-5-14(12)15/h6-8,12,14H,2-5,9H2,1H3. The molecule has 0 aromatic heterocycles. The van der Waals surface area contributed by atoms with Crippen LogP contribution in [0.2, 0.25) is 0 Å². The second-order valence-electron chi connectivity index (χ2n) is 4.84. The highest BCUT2D eigenvalue weighted by atomic mass is 79.9. The summed E-state index contributed by atoms with van der Waals surface area (Å²) < 4.78 is 13.0. The molecule has 1 saturated carbocycles. The van der Waals surface area contributed by atoms with Gasteiger partial charge in [-0.15, -0.1) is 0 Å². The molecule has 0 amide bonds. The second kappa shape index (κ2) is 5.31. The topological polar surface area (TPSA) is 0 Å². The molecule has 0 heterocycles. The molecule has 1 aliphatic carbocycles. The predicted octanol–water partition coefficient (Wildman–Crippen LogP) is 4.63. The Bertz CT molecular complexity index is 362. The highest BCUT2D eigenvalue weighted by Gasteiger charge is 2.23. The van der Waals surface area contributed by atoms with E-state index in [4.69, 9.17) is 0 Å². The van der Waals surface area contributed by atoms with Crippen LogP contribution in [-0.4, -0.2) is 4.83 Å². The van der Waals surface area contributed by atoms with E-state index in [1.165, 1.54) is 31.2 Å². The van der Waals surface area contributed by atoms with Crippen LogP contribution in [-0.2, 0) is 6.42 Å². The Morgan fingerprint density at radius 1 is 1.31 bits per heavy atom. The first-order valence-corrected chi connectivity index (χ1v) is 6.97. The molecule has 0 N–H and O–H groups in total. The Hall–Kier alpha value is -0.370. The molecule has 1 aromatic carbocycles. The minimum atomic E-state index is -0.125. The highest BCUT2D eigenvalue weighted by Crippen LogP contribution is 2.32. The van der Waals surface area contributed by atoms with Gasteiger partial charge in [0.15, 0.2) is 0 Å². The van der Waals surface area contributed by atoms with Gasteiger partial charge in [0, 0.05) is 4.83 Å². The molecule has 2 unspecified atom stereocenters. The number of hydrogen-bond donors (Lipinski definition) is 0. The Labute approximate surface area is 105 Å². The number of halogens is 2. The number of rotatable bonds is 2. The van der Waals surface area contributed by atoms with Crippen molar-refractivity contribution in [3.8, 4) is 0 Å². The third-order valence-corrected chi connectivity index (χ3v) is 4.81. The van der Waals surface area contributed by atoms with Gasteiger partial charge >= 0.3 is 0 Å². The van der Waals surface area contributed by atoms with E-state index >= 15 is 0 Å². The molecule has 2 heteroatoms. The normalized spacial score (nSPS) is 25.7. The summed E-state index contributed by atoms with van der Waals surface area (Å²) in [6, 6.07) is 5.16. The average molecular weight is 285 g/mol. The van der Waals surface area contributed by atoms with E-state index in [0.29, 0.717) is 4.83 Å². The molecule has 0 saturated heterocycles. The molecular weight excluding hydrogens is 267 g/mol. The van der Waals surface area contributed by atoms with Crippen molar-refractivity contribution < 1.29 is 4.39 Å². The molecule has 16 heavy (non-hydrogen) atoms. The van der Waals surface area contributed by atoms with Gasteiger partial charge in [0.05, 0.1) is 0 Å². The fourth-order valence-electron chi connectivity index (χ4n) is 2.56. The first kappa shape index (κ1) is 12.1. The van der Waals surface area contributed by atoms with Crippen LogP contribution in [0, 0.1) is 18.7 Å². The van der Waals surface area contributed by atoms with Crippen LogP contribution in [0.3, 0.4) is 0 Å². The second-order valence-corrected chi connectivity index (χ2v) is 6.01. The van der Waals surface area contributed by atoms with Gasteiger partial charge in [0.25, 0.3) is 0 Å². The Morgan fingerprint density at radius 3 is 2.75 bits per heavy atom. The minimum absolute atomic E-state index is 0.125. The lowest BCUT2D eigenvalue weighted by Crippen LogP contribution is -2.21. The van der Waals surface area contributed by atoms with Crippen molar-refractivity contribution in [2.24, 2.45) is 5.92 Å². The summed E-state index contributed by atoms with van der Waals surface area (Å²) in [7, 11) is 0. The number of hydrogen-bond acceptors (Lipinski definition) is 0. The van der Waals surface area contributed by atoms with Crippen molar-refractivity contribution in [3.05, 3.63) is 35.1 Å². The van der Waals surface area contributed by atoms with Gasteiger partial charge in [-0.05, 0) is 55.4 Å². The first-order chi connectivity index (χ1) is 7.66. The lowest BCUT2D eigenvalue weighted by molar-refractivity contribution is 0.373.